The molecule has 2 aliphatic carbocycles. The highest BCUT2D eigenvalue weighted by Crippen LogP contribution is 2.41. The van der Waals surface area contributed by atoms with Crippen molar-refractivity contribution in [1.29, 1.82) is 0 Å². The number of nitrogens with one attached hydrogen (secondary N) is 2. The lowest BCUT2D eigenvalue weighted by molar-refractivity contribution is 0.111. The molecule has 0 atom stereocenters. The van der Waals surface area contributed by atoms with Crippen LogP contribution in [0.5, 0.6) is 0 Å². The fraction of sp³-hybridized carbons (Fsp3) is 0.778. The normalized spacial score (nSPS) is 28.9. The number of aromatic nitrogens is 3. The molecule has 3 aliphatic rings. The summed E-state index contributed by atoms with van der Waals surface area (Å²) in [4.78, 5) is 12.4. The Hall–Kier alpha value is -1.70. The van der Waals surface area contributed by atoms with Gasteiger partial charge in [-0.3, -0.25) is 0 Å². The molecular weight excluding hydrogens is 424 g/mol. The summed E-state index contributed by atoms with van der Waals surface area (Å²) < 4.78 is 2.44. The lowest BCUT2D eigenvalue weighted by Crippen LogP contribution is -2.45. The van der Waals surface area contributed by atoms with Crippen LogP contribution in [0.1, 0.15) is 88.7 Å². The number of aliphatic hydroxyl groups is 1. The van der Waals surface area contributed by atoms with E-state index < -0.39 is 0 Å². The van der Waals surface area contributed by atoms with Crippen molar-refractivity contribution in [3.05, 3.63) is 18.0 Å². The Bertz CT molecular complexity index is 907. The monoisotopic (exact) mass is 468 g/mol. The van der Waals surface area contributed by atoms with Crippen molar-refractivity contribution in [3.63, 3.8) is 0 Å². The number of unbranched alkanes of at least 4 members (excludes halogenated alkanes) is 1. The molecular formula is C27H44N6O. The van der Waals surface area contributed by atoms with Crippen LogP contribution in [0.25, 0.3) is 11.0 Å². The van der Waals surface area contributed by atoms with Gasteiger partial charge in [0.05, 0.1) is 6.10 Å². The van der Waals surface area contributed by atoms with Gasteiger partial charge >= 0.3 is 0 Å². The first-order valence-corrected chi connectivity index (χ1v) is 13.9. The van der Waals surface area contributed by atoms with Crippen molar-refractivity contribution in [1.82, 2.24) is 24.8 Å². The largest absolute Gasteiger partial charge is 0.393 e. The van der Waals surface area contributed by atoms with E-state index in [9.17, 15) is 5.11 Å². The highest BCUT2D eigenvalue weighted by atomic mass is 16.3. The zero-order valence-corrected chi connectivity index (χ0v) is 21.0. The standard InChI is InChI=1S/C27H44N6O/c1-2-3-12-29-27-30-17-24-25(19-33(26(24)31-27)22-8-10-23(34)11-9-22)21-6-4-20(5-7-21)18-32-15-13-28-14-16-32/h17,19-23,28,34H,2-16,18H2,1H3,(H,29,30,31). The summed E-state index contributed by atoms with van der Waals surface area (Å²) in [6.45, 7) is 9.09. The van der Waals surface area contributed by atoms with E-state index in [2.05, 4.69) is 39.4 Å². The molecule has 5 rings (SSSR count). The number of nitrogens with zero attached hydrogens (tertiary/aromatic N) is 4. The second-order valence-corrected chi connectivity index (χ2v) is 10.9. The van der Waals surface area contributed by atoms with Gasteiger partial charge in [-0.25, -0.2) is 4.98 Å². The predicted molar refractivity (Wildman–Crippen MR) is 138 cm³/mol. The van der Waals surface area contributed by atoms with Gasteiger partial charge in [0.1, 0.15) is 5.65 Å². The topological polar surface area (TPSA) is 78.2 Å². The van der Waals surface area contributed by atoms with E-state index in [-0.39, 0.29) is 6.10 Å². The molecule has 0 aromatic carbocycles. The number of fused-ring (bicyclic) bond motifs is 1. The Morgan fingerprint density at radius 2 is 1.82 bits per heavy atom. The molecule has 0 spiro atoms. The van der Waals surface area contributed by atoms with Crippen molar-refractivity contribution < 1.29 is 5.11 Å². The lowest BCUT2D eigenvalue weighted by Gasteiger charge is -2.34. The molecule has 3 heterocycles. The minimum absolute atomic E-state index is 0.135. The molecule has 3 fully saturated rings. The first kappa shape index (κ1) is 24.0. The van der Waals surface area contributed by atoms with E-state index in [4.69, 9.17) is 9.97 Å². The number of piperazine rings is 1. The Morgan fingerprint density at radius 1 is 1.06 bits per heavy atom. The Balaban J connectivity index is 1.33. The van der Waals surface area contributed by atoms with Crippen molar-refractivity contribution in [2.24, 2.45) is 5.92 Å². The minimum atomic E-state index is -0.135. The maximum atomic E-state index is 10.1. The third-order valence-corrected chi connectivity index (χ3v) is 8.49. The molecule has 0 bridgehead atoms. The summed E-state index contributed by atoms with van der Waals surface area (Å²) in [5.41, 5.74) is 2.55. The molecule has 0 radical (unpaired) electrons. The first-order valence-electron chi connectivity index (χ1n) is 13.9. The van der Waals surface area contributed by atoms with E-state index in [1.165, 1.54) is 56.3 Å². The predicted octanol–water partition coefficient (Wildman–Crippen LogP) is 4.30. The SMILES string of the molecule is CCCCNc1ncc2c(C3CCC(CN4CCNCC4)CC3)cn(C3CCC(O)CC3)c2n1. The van der Waals surface area contributed by atoms with Crippen LogP contribution in [0.3, 0.4) is 0 Å². The van der Waals surface area contributed by atoms with E-state index >= 15 is 0 Å². The molecule has 0 unspecified atom stereocenters. The van der Waals surface area contributed by atoms with Gasteiger partial charge in [0, 0.05) is 63.1 Å². The molecule has 1 aliphatic heterocycles. The molecule has 2 aromatic heterocycles. The van der Waals surface area contributed by atoms with Gasteiger partial charge < -0.3 is 25.2 Å². The van der Waals surface area contributed by atoms with Crippen molar-refractivity contribution in [2.45, 2.75) is 89.2 Å². The van der Waals surface area contributed by atoms with Crippen LogP contribution >= 0.6 is 0 Å². The average molecular weight is 469 g/mol. The summed E-state index contributed by atoms with van der Waals surface area (Å²) in [6, 6.07) is 0.432. The quantitative estimate of drug-likeness (QED) is 0.502. The van der Waals surface area contributed by atoms with Crippen molar-refractivity contribution in [3.8, 4) is 0 Å². The second kappa shape index (κ2) is 11.4. The summed E-state index contributed by atoms with van der Waals surface area (Å²) in [5, 5.41) is 18.2. The van der Waals surface area contributed by atoms with Crippen LogP contribution in [-0.4, -0.2) is 69.9 Å². The van der Waals surface area contributed by atoms with Gasteiger partial charge in [0.2, 0.25) is 5.95 Å². The minimum Gasteiger partial charge on any atom is -0.393 e. The molecule has 188 valence electrons. The molecule has 2 aromatic rings. The number of rotatable bonds is 8. The molecule has 2 saturated carbocycles. The van der Waals surface area contributed by atoms with Crippen LogP contribution < -0.4 is 10.6 Å². The highest BCUT2D eigenvalue weighted by Gasteiger charge is 2.29. The molecule has 0 amide bonds. The first-order chi connectivity index (χ1) is 16.7. The molecule has 34 heavy (non-hydrogen) atoms. The maximum absolute atomic E-state index is 10.1. The van der Waals surface area contributed by atoms with Crippen LogP contribution in [-0.2, 0) is 0 Å². The molecule has 7 heteroatoms. The Kier molecular flexibility index (Phi) is 8.02. The average Bonchev–Trinajstić information content (AvgIpc) is 3.25. The van der Waals surface area contributed by atoms with Gasteiger partial charge in [0.25, 0.3) is 0 Å². The fourth-order valence-electron chi connectivity index (χ4n) is 6.37. The van der Waals surface area contributed by atoms with E-state index in [1.54, 1.807) is 0 Å². The van der Waals surface area contributed by atoms with Crippen LogP contribution in [0.15, 0.2) is 12.4 Å². The van der Waals surface area contributed by atoms with Crippen molar-refractivity contribution in [2.75, 3.05) is 44.6 Å². The zero-order valence-electron chi connectivity index (χ0n) is 21.0. The number of aliphatic hydroxyl groups excluding tert-OH is 1. The highest BCUT2D eigenvalue weighted by molar-refractivity contribution is 5.81. The molecule has 1 saturated heterocycles. The van der Waals surface area contributed by atoms with Gasteiger partial charge in [-0.2, -0.15) is 4.98 Å². The van der Waals surface area contributed by atoms with Crippen LogP contribution in [0, 0.1) is 5.92 Å². The lowest BCUT2D eigenvalue weighted by atomic mass is 9.78. The van der Waals surface area contributed by atoms with Gasteiger partial charge in [-0.15, -0.1) is 0 Å². The number of hydrogen-bond acceptors (Lipinski definition) is 6. The number of anilines is 1. The van der Waals surface area contributed by atoms with Gasteiger partial charge in [-0.05, 0) is 75.2 Å². The third-order valence-electron chi connectivity index (χ3n) is 8.49. The molecule has 7 nitrogen and oxygen atoms in total. The van der Waals surface area contributed by atoms with Crippen LogP contribution in [0.4, 0.5) is 5.95 Å². The second-order valence-electron chi connectivity index (χ2n) is 10.9. The van der Waals surface area contributed by atoms with E-state index in [0.29, 0.717) is 12.0 Å². The summed E-state index contributed by atoms with van der Waals surface area (Å²) in [6.07, 6.45) is 15.7. The summed E-state index contributed by atoms with van der Waals surface area (Å²) >= 11 is 0. The zero-order chi connectivity index (χ0) is 23.3. The third kappa shape index (κ3) is 5.58. The van der Waals surface area contributed by atoms with E-state index in [0.717, 1.165) is 75.7 Å². The summed E-state index contributed by atoms with van der Waals surface area (Å²) in [7, 11) is 0. The van der Waals surface area contributed by atoms with Crippen molar-refractivity contribution >= 4 is 17.0 Å². The smallest absolute Gasteiger partial charge is 0.224 e. The van der Waals surface area contributed by atoms with Gasteiger partial charge in [0.15, 0.2) is 0 Å². The fourth-order valence-corrected chi connectivity index (χ4v) is 6.37. The Labute approximate surface area is 204 Å². The number of hydrogen-bond donors (Lipinski definition) is 3. The molecule has 3 N–H and O–H groups in total. The Morgan fingerprint density at radius 3 is 2.56 bits per heavy atom. The van der Waals surface area contributed by atoms with Gasteiger partial charge in [-0.1, -0.05) is 13.3 Å². The maximum Gasteiger partial charge on any atom is 0.224 e. The van der Waals surface area contributed by atoms with E-state index in [1.807, 2.05) is 0 Å². The van der Waals surface area contributed by atoms with Crippen LogP contribution in [0.2, 0.25) is 0 Å². The summed E-state index contributed by atoms with van der Waals surface area (Å²) in [5.74, 6) is 2.20.